The van der Waals surface area contributed by atoms with Gasteiger partial charge in [-0.15, -0.1) is 0 Å². The Morgan fingerprint density at radius 3 is 2.33 bits per heavy atom. The zero-order chi connectivity index (χ0) is 9.30. The fraction of sp³-hybridized carbons (Fsp3) is 0.125. The van der Waals surface area contributed by atoms with Gasteiger partial charge in [0.25, 0.3) is 0 Å². The van der Waals surface area contributed by atoms with E-state index in [-0.39, 0.29) is 17.0 Å². The van der Waals surface area contributed by atoms with Crippen LogP contribution in [0.5, 0.6) is 0 Å². The zero-order valence-corrected chi connectivity index (χ0v) is 6.40. The monoisotopic (exact) mass is 171 g/mol. The first-order valence-corrected chi connectivity index (χ1v) is 3.28. The summed E-state index contributed by atoms with van der Waals surface area (Å²) in [5.41, 5.74) is 5.23. The van der Waals surface area contributed by atoms with Gasteiger partial charge in [-0.05, 0) is 13.0 Å². The molecule has 2 nitrogen and oxygen atoms in total. The molecule has 12 heavy (non-hydrogen) atoms. The number of ketones is 1. The second-order valence-electron chi connectivity index (χ2n) is 2.41. The van der Waals surface area contributed by atoms with E-state index in [0.29, 0.717) is 0 Å². The number of anilines is 1. The number of hydrogen-bond donors (Lipinski definition) is 1. The molecule has 0 aliphatic heterocycles. The van der Waals surface area contributed by atoms with E-state index in [4.69, 9.17) is 5.73 Å². The topological polar surface area (TPSA) is 43.1 Å². The maximum absolute atomic E-state index is 12.5. The minimum absolute atomic E-state index is 0.00824. The van der Waals surface area contributed by atoms with Gasteiger partial charge in [-0.25, -0.2) is 8.78 Å². The van der Waals surface area contributed by atoms with Gasteiger partial charge in [0.15, 0.2) is 17.4 Å². The number of carbonyl (C=O) groups is 1. The minimum Gasteiger partial charge on any atom is -0.398 e. The number of hydrogen-bond acceptors (Lipinski definition) is 2. The third kappa shape index (κ3) is 1.42. The van der Waals surface area contributed by atoms with E-state index in [9.17, 15) is 13.6 Å². The van der Waals surface area contributed by atoms with Crippen molar-refractivity contribution in [1.29, 1.82) is 0 Å². The maximum atomic E-state index is 12.5. The van der Waals surface area contributed by atoms with E-state index in [1.165, 1.54) is 6.92 Å². The van der Waals surface area contributed by atoms with Crippen LogP contribution < -0.4 is 5.73 Å². The van der Waals surface area contributed by atoms with Crippen molar-refractivity contribution in [1.82, 2.24) is 0 Å². The normalized spacial score (nSPS) is 9.92. The van der Waals surface area contributed by atoms with E-state index in [1.807, 2.05) is 0 Å². The smallest absolute Gasteiger partial charge is 0.161 e. The summed E-state index contributed by atoms with van der Waals surface area (Å²) >= 11 is 0. The highest BCUT2D eigenvalue weighted by atomic mass is 19.2. The first kappa shape index (κ1) is 8.64. The van der Waals surface area contributed by atoms with Gasteiger partial charge in [0, 0.05) is 17.3 Å². The Bertz CT molecular complexity index is 336. The lowest BCUT2D eigenvalue weighted by Gasteiger charge is -2.01. The van der Waals surface area contributed by atoms with Crippen molar-refractivity contribution < 1.29 is 13.6 Å². The fourth-order valence-electron chi connectivity index (χ4n) is 0.867. The van der Waals surface area contributed by atoms with E-state index < -0.39 is 11.6 Å². The van der Waals surface area contributed by atoms with Crippen molar-refractivity contribution in [3.8, 4) is 0 Å². The number of Topliss-reactive ketones (excluding diaryl/α,β-unsaturated/α-hetero) is 1. The number of carbonyl (C=O) groups excluding carboxylic acids is 1. The van der Waals surface area contributed by atoms with Crippen LogP contribution in [0.2, 0.25) is 0 Å². The molecule has 0 atom stereocenters. The summed E-state index contributed by atoms with van der Waals surface area (Å²) in [6.07, 6.45) is 0. The Labute approximate surface area is 68.0 Å². The van der Waals surface area contributed by atoms with Crippen LogP contribution in [0.25, 0.3) is 0 Å². The summed E-state index contributed by atoms with van der Waals surface area (Å²) in [7, 11) is 0. The summed E-state index contributed by atoms with van der Waals surface area (Å²) in [5.74, 6) is -2.49. The van der Waals surface area contributed by atoms with Crippen LogP contribution in [-0.2, 0) is 0 Å². The van der Waals surface area contributed by atoms with Gasteiger partial charge in [0.05, 0.1) is 0 Å². The van der Waals surface area contributed by atoms with E-state index >= 15 is 0 Å². The van der Waals surface area contributed by atoms with Gasteiger partial charge in [-0.1, -0.05) is 0 Å². The lowest BCUT2D eigenvalue weighted by atomic mass is 10.1. The highest BCUT2D eigenvalue weighted by Gasteiger charge is 2.10. The van der Waals surface area contributed by atoms with Crippen molar-refractivity contribution in [2.75, 3.05) is 5.73 Å². The number of halogens is 2. The molecular formula is C8H7F2NO. The van der Waals surface area contributed by atoms with Gasteiger partial charge < -0.3 is 5.73 Å². The van der Waals surface area contributed by atoms with Crippen molar-refractivity contribution in [3.63, 3.8) is 0 Å². The summed E-state index contributed by atoms with van der Waals surface area (Å²) in [6.45, 7) is 1.24. The van der Waals surface area contributed by atoms with Crippen LogP contribution in [0.1, 0.15) is 17.3 Å². The second kappa shape index (κ2) is 2.89. The molecule has 1 aromatic rings. The SMILES string of the molecule is CC(=O)c1cc(F)c(F)cc1N. The van der Waals surface area contributed by atoms with Crippen molar-refractivity contribution in [2.45, 2.75) is 6.92 Å². The Balaban J connectivity index is 3.33. The quantitative estimate of drug-likeness (QED) is 0.516. The molecule has 0 aliphatic carbocycles. The number of nitrogen functional groups attached to an aromatic ring is 1. The summed E-state index contributed by atoms with van der Waals surface area (Å²) < 4.78 is 25.0. The van der Waals surface area contributed by atoms with Gasteiger partial charge >= 0.3 is 0 Å². The first-order chi connectivity index (χ1) is 5.52. The Kier molecular flexibility index (Phi) is 2.08. The van der Waals surface area contributed by atoms with Crippen molar-refractivity contribution in [2.24, 2.45) is 0 Å². The number of rotatable bonds is 1. The van der Waals surface area contributed by atoms with Gasteiger partial charge in [0.2, 0.25) is 0 Å². The summed E-state index contributed by atoms with van der Waals surface area (Å²) in [4.78, 5) is 10.8. The highest BCUT2D eigenvalue weighted by molar-refractivity contribution is 5.98. The molecule has 64 valence electrons. The molecular weight excluding hydrogens is 164 g/mol. The molecule has 0 aliphatic rings. The molecule has 0 aromatic heterocycles. The fourth-order valence-corrected chi connectivity index (χ4v) is 0.867. The predicted octanol–water partition coefficient (Wildman–Crippen LogP) is 1.75. The average Bonchev–Trinajstić information content (AvgIpc) is 1.96. The maximum Gasteiger partial charge on any atom is 0.161 e. The van der Waals surface area contributed by atoms with E-state index in [1.54, 1.807) is 0 Å². The molecule has 0 fully saturated rings. The Hall–Kier alpha value is -1.45. The standard InChI is InChI=1S/C8H7F2NO/c1-4(12)5-2-6(9)7(10)3-8(5)11/h2-3H,11H2,1H3. The predicted molar refractivity (Wildman–Crippen MR) is 40.8 cm³/mol. The van der Waals surface area contributed by atoms with Crippen molar-refractivity contribution in [3.05, 3.63) is 29.3 Å². The molecule has 4 heteroatoms. The van der Waals surface area contributed by atoms with Crippen LogP contribution in [0.15, 0.2) is 12.1 Å². The van der Waals surface area contributed by atoms with Gasteiger partial charge in [-0.3, -0.25) is 4.79 Å². The molecule has 0 spiro atoms. The second-order valence-corrected chi connectivity index (χ2v) is 2.41. The van der Waals surface area contributed by atoms with Crippen molar-refractivity contribution >= 4 is 11.5 Å². The molecule has 2 N–H and O–H groups in total. The molecule has 0 heterocycles. The largest absolute Gasteiger partial charge is 0.398 e. The lowest BCUT2D eigenvalue weighted by molar-refractivity contribution is 0.101. The summed E-state index contributed by atoms with van der Waals surface area (Å²) in [6, 6.07) is 1.60. The summed E-state index contributed by atoms with van der Waals surface area (Å²) in [5, 5.41) is 0. The molecule has 1 rings (SSSR count). The number of nitrogens with two attached hydrogens (primary N) is 1. The van der Waals surface area contributed by atoms with Crippen LogP contribution in [0.4, 0.5) is 14.5 Å². The molecule has 0 saturated heterocycles. The van der Waals surface area contributed by atoms with Crippen LogP contribution in [0.3, 0.4) is 0 Å². The first-order valence-electron chi connectivity index (χ1n) is 3.28. The van der Waals surface area contributed by atoms with E-state index in [2.05, 4.69) is 0 Å². The van der Waals surface area contributed by atoms with Crippen LogP contribution in [-0.4, -0.2) is 5.78 Å². The Morgan fingerprint density at radius 2 is 1.83 bits per heavy atom. The Morgan fingerprint density at radius 1 is 1.33 bits per heavy atom. The van der Waals surface area contributed by atoms with Crippen LogP contribution in [0, 0.1) is 11.6 Å². The van der Waals surface area contributed by atoms with Crippen LogP contribution >= 0.6 is 0 Å². The molecule has 0 saturated carbocycles. The highest BCUT2D eigenvalue weighted by Crippen LogP contribution is 2.16. The molecule has 0 amide bonds. The molecule has 0 unspecified atom stereocenters. The third-order valence-corrected chi connectivity index (χ3v) is 1.47. The lowest BCUT2D eigenvalue weighted by Crippen LogP contribution is -2.01. The number of benzene rings is 1. The van der Waals surface area contributed by atoms with Gasteiger partial charge in [0.1, 0.15) is 0 Å². The molecule has 0 radical (unpaired) electrons. The minimum atomic E-state index is -1.06. The van der Waals surface area contributed by atoms with E-state index in [0.717, 1.165) is 12.1 Å². The van der Waals surface area contributed by atoms with Gasteiger partial charge in [-0.2, -0.15) is 0 Å². The molecule has 0 bridgehead atoms. The molecule has 1 aromatic carbocycles. The average molecular weight is 171 g/mol. The zero-order valence-electron chi connectivity index (χ0n) is 6.40. The third-order valence-electron chi connectivity index (χ3n) is 1.47.